The lowest BCUT2D eigenvalue weighted by Crippen LogP contribution is -2.38. The van der Waals surface area contributed by atoms with E-state index in [1.54, 1.807) is 33.5 Å². The first-order valence-corrected chi connectivity index (χ1v) is 12.2. The summed E-state index contributed by atoms with van der Waals surface area (Å²) in [4.78, 5) is 31.7. The van der Waals surface area contributed by atoms with Gasteiger partial charge in [-0.3, -0.25) is 14.6 Å². The number of rotatable bonds is 8. The SMILES string of the molecule is COCCOC(=O)C1C(C)=NC2=C(C(=O)C[C@@H](c3ccc(OC)c(OC)c3)C2)[C@H]1c1cccc(Cl)c1. The second-order valence-corrected chi connectivity index (χ2v) is 9.36. The van der Waals surface area contributed by atoms with Gasteiger partial charge in [-0.15, -0.1) is 0 Å². The highest BCUT2D eigenvalue weighted by molar-refractivity contribution is 6.30. The quantitative estimate of drug-likeness (QED) is 0.361. The lowest BCUT2D eigenvalue weighted by Gasteiger charge is -2.36. The third-order valence-corrected chi connectivity index (χ3v) is 7.00. The van der Waals surface area contributed by atoms with Crippen LogP contribution in [0, 0.1) is 5.92 Å². The van der Waals surface area contributed by atoms with Crippen molar-refractivity contribution in [3.05, 3.63) is 69.9 Å². The van der Waals surface area contributed by atoms with Gasteiger partial charge in [0.1, 0.15) is 12.5 Å². The maximum absolute atomic E-state index is 13.7. The fourth-order valence-electron chi connectivity index (χ4n) is 5.08. The first-order chi connectivity index (χ1) is 17.4. The zero-order valence-corrected chi connectivity index (χ0v) is 21.6. The topological polar surface area (TPSA) is 83.4 Å². The average molecular weight is 512 g/mol. The minimum absolute atomic E-state index is 0.0352. The number of nitrogens with zero attached hydrogens (tertiary/aromatic N) is 1. The third-order valence-electron chi connectivity index (χ3n) is 6.76. The van der Waals surface area contributed by atoms with E-state index in [0.717, 1.165) is 11.1 Å². The van der Waals surface area contributed by atoms with E-state index in [2.05, 4.69) is 0 Å². The Bertz CT molecular complexity index is 1220. The number of benzene rings is 2. The molecule has 0 bridgehead atoms. The molecule has 1 aliphatic carbocycles. The van der Waals surface area contributed by atoms with Crippen molar-refractivity contribution in [2.75, 3.05) is 34.5 Å². The van der Waals surface area contributed by atoms with Crippen molar-refractivity contribution in [2.45, 2.75) is 31.6 Å². The van der Waals surface area contributed by atoms with E-state index in [1.165, 1.54) is 0 Å². The van der Waals surface area contributed by atoms with E-state index in [9.17, 15) is 9.59 Å². The van der Waals surface area contributed by atoms with Gasteiger partial charge in [-0.05, 0) is 54.7 Å². The number of Topliss-reactive ketones (excluding diaryl/α,β-unsaturated/α-hetero) is 1. The molecule has 36 heavy (non-hydrogen) atoms. The fourth-order valence-corrected chi connectivity index (χ4v) is 5.28. The molecule has 0 aromatic heterocycles. The summed E-state index contributed by atoms with van der Waals surface area (Å²) in [7, 11) is 4.72. The molecule has 2 aliphatic rings. The van der Waals surface area contributed by atoms with Gasteiger partial charge in [-0.25, -0.2) is 0 Å². The second kappa shape index (κ2) is 11.3. The number of ketones is 1. The molecular formula is C28H30ClNO6. The number of ether oxygens (including phenoxy) is 4. The minimum atomic E-state index is -0.722. The van der Waals surface area contributed by atoms with Crippen molar-refractivity contribution in [1.82, 2.24) is 0 Å². The van der Waals surface area contributed by atoms with Crippen molar-refractivity contribution >= 4 is 29.1 Å². The third kappa shape index (κ3) is 5.18. The Morgan fingerprint density at radius 2 is 1.78 bits per heavy atom. The molecule has 0 amide bonds. The maximum Gasteiger partial charge on any atom is 0.315 e. The predicted octanol–water partition coefficient (Wildman–Crippen LogP) is 5.12. The molecule has 1 aliphatic heterocycles. The van der Waals surface area contributed by atoms with Gasteiger partial charge < -0.3 is 18.9 Å². The Morgan fingerprint density at radius 3 is 2.47 bits per heavy atom. The van der Waals surface area contributed by atoms with Gasteiger partial charge in [0, 0.05) is 41.5 Å². The van der Waals surface area contributed by atoms with Crippen LogP contribution in [0.1, 0.15) is 42.7 Å². The molecule has 8 heteroatoms. The Kier molecular flexibility index (Phi) is 8.11. The number of carbonyl (C=O) groups is 2. The number of hydrogen-bond acceptors (Lipinski definition) is 7. The van der Waals surface area contributed by atoms with Gasteiger partial charge in [0.25, 0.3) is 0 Å². The Balaban J connectivity index is 1.74. The Labute approximate surface area is 216 Å². The number of allylic oxidation sites excluding steroid dienone is 2. The number of halogens is 1. The van der Waals surface area contributed by atoms with Gasteiger partial charge in [0.05, 0.1) is 20.8 Å². The van der Waals surface area contributed by atoms with Crippen molar-refractivity contribution in [2.24, 2.45) is 10.9 Å². The fraction of sp³-hybridized carbons (Fsp3) is 0.393. The van der Waals surface area contributed by atoms with E-state index in [0.29, 0.717) is 46.3 Å². The summed E-state index contributed by atoms with van der Waals surface area (Å²) in [5.74, 6) is -0.540. The maximum atomic E-state index is 13.7. The predicted molar refractivity (Wildman–Crippen MR) is 137 cm³/mol. The summed E-state index contributed by atoms with van der Waals surface area (Å²) < 4.78 is 21.3. The summed E-state index contributed by atoms with van der Waals surface area (Å²) in [6.07, 6.45) is 0.863. The van der Waals surface area contributed by atoms with Gasteiger partial charge >= 0.3 is 5.97 Å². The highest BCUT2D eigenvalue weighted by Crippen LogP contribution is 2.47. The molecule has 2 aromatic rings. The highest BCUT2D eigenvalue weighted by Gasteiger charge is 2.44. The van der Waals surface area contributed by atoms with E-state index in [1.807, 2.05) is 37.3 Å². The van der Waals surface area contributed by atoms with Crippen LogP contribution in [0.5, 0.6) is 11.5 Å². The lowest BCUT2D eigenvalue weighted by atomic mass is 9.69. The van der Waals surface area contributed by atoms with E-state index < -0.39 is 17.8 Å². The molecule has 0 saturated heterocycles. The smallest absolute Gasteiger partial charge is 0.315 e. The van der Waals surface area contributed by atoms with Crippen LogP contribution in [0.2, 0.25) is 5.02 Å². The zero-order chi connectivity index (χ0) is 25.8. The lowest BCUT2D eigenvalue weighted by molar-refractivity contribution is -0.147. The summed E-state index contributed by atoms with van der Waals surface area (Å²) in [6.45, 7) is 2.23. The number of carbonyl (C=O) groups excluding carboxylic acids is 2. The largest absolute Gasteiger partial charge is 0.493 e. The van der Waals surface area contributed by atoms with E-state index in [-0.39, 0.29) is 24.9 Å². The first kappa shape index (κ1) is 25.9. The number of hydrogen-bond donors (Lipinski definition) is 0. The average Bonchev–Trinajstić information content (AvgIpc) is 2.87. The van der Waals surface area contributed by atoms with Gasteiger partial charge in [0.15, 0.2) is 17.3 Å². The van der Waals surface area contributed by atoms with Crippen LogP contribution < -0.4 is 9.47 Å². The minimum Gasteiger partial charge on any atom is -0.493 e. The first-order valence-electron chi connectivity index (χ1n) is 11.8. The van der Waals surface area contributed by atoms with Crippen LogP contribution in [-0.4, -0.2) is 52.0 Å². The van der Waals surface area contributed by atoms with Crippen LogP contribution in [0.4, 0.5) is 0 Å². The Morgan fingerprint density at radius 1 is 1.00 bits per heavy atom. The van der Waals surface area contributed by atoms with Crippen molar-refractivity contribution in [3.63, 3.8) is 0 Å². The summed E-state index contributed by atoms with van der Waals surface area (Å²) in [5, 5.41) is 0.535. The summed E-state index contributed by atoms with van der Waals surface area (Å²) in [6, 6.07) is 13.0. The molecule has 0 spiro atoms. The van der Waals surface area contributed by atoms with E-state index in [4.69, 9.17) is 35.5 Å². The number of esters is 1. The van der Waals surface area contributed by atoms with Crippen LogP contribution in [0.3, 0.4) is 0 Å². The van der Waals surface area contributed by atoms with Crippen molar-refractivity contribution < 1.29 is 28.5 Å². The molecule has 7 nitrogen and oxygen atoms in total. The molecule has 0 saturated carbocycles. The molecule has 0 N–H and O–H groups in total. The van der Waals surface area contributed by atoms with Gasteiger partial charge in [-0.1, -0.05) is 29.8 Å². The number of methoxy groups -OCH3 is 3. The molecule has 1 heterocycles. The van der Waals surface area contributed by atoms with Crippen LogP contribution in [-0.2, 0) is 19.1 Å². The molecule has 0 radical (unpaired) electrons. The molecule has 190 valence electrons. The molecule has 3 atom stereocenters. The summed E-state index contributed by atoms with van der Waals surface area (Å²) >= 11 is 6.31. The molecule has 4 rings (SSSR count). The molecule has 1 unspecified atom stereocenters. The molecule has 0 fully saturated rings. The Hall–Kier alpha value is -3.16. The van der Waals surface area contributed by atoms with Crippen molar-refractivity contribution in [1.29, 1.82) is 0 Å². The van der Waals surface area contributed by atoms with Crippen molar-refractivity contribution in [3.8, 4) is 11.5 Å². The van der Waals surface area contributed by atoms with Gasteiger partial charge in [-0.2, -0.15) is 0 Å². The van der Waals surface area contributed by atoms with Crippen LogP contribution >= 0.6 is 11.6 Å². The molecular weight excluding hydrogens is 482 g/mol. The zero-order valence-electron chi connectivity index (χ0n) is 20.9. The standard InChI is InChI=1S/C28H30ClNO6/c1-16-25(28(32)36-11-10-33-2)26(18-6-5-7-20(29)12-18)27-21(30-16)13-19(14-22(27)31)17-8-9-23(34-3)24(15-17)35-4/h5-9,12,15,19,25-26H,10-11,13-14H2,1-4H3/t19-,25?,26-/m0/s1. The van der Waals surface area contributed by atoms with Gasteiger partial charge in [0.2, 0.25) is 0 Å². The van der Waals surface area contributed by atoms with Crippen LogP contribution in [0.15, 0.2) is 58.7 Å². The van der Waals surface area contributed by atoms with E-state index >= 15 is 0 Å². The normalized spacial score (nSPS) is 21.5. The monoisotopic (exact) mass is 511 g/mol. The second-order valence-electron chi connectivity index (χ2n) is 8.93. The summed E-state index contributed by atoms with van der Waals surface area (Å²) in [5.41, 5.74) is 3.64. The van der Waals surface area contributed by atoms with Crippen LogP contribution in [0.25, 0.3) is 0 Å². The molecule has 2 aromatic carbocycles. The highest BCUT2D eigenvalue weighted by atomic mass is 35.5. The number of aliphatic imine (C=N–C) groups is 1.